The zero-order valence-corrected chi connectivity index (χ0v) is 8.03. The van der Waals surface area contributed by atoms with Crippen molar-refractivity contribution in [3.05, 3.63) is 28.2 Å². The zero-order chi connectivity index (χ0) is 9.84. The Kier molecular flexibility index (Phi) is 3.20. The number of hydrogen-bond donors (Lipinski definition) is 1. The van der Waals surface area contributed by atoms with Crippen LogP contribution in [-0.2, 0) is 0 Å². The van der Waals surface area contributed by atoms with E-state index in [4.69, 9.17) is 5.26 Å². The quantitative estimate of drug-likeness (QED) is 0.815. The van der Waals surface area contributed by atoms with Crippen LogP contribution in [0.15, 0.2) is 16.6 Å². The maximum Gasteiger partial charge on any atom is 0.150 e. The normalized spacial score (nSPS) is 9.38. The molecule has 5 heteroatoms. The molecule has 0 bridgehead atoms. The summed E-state index contributed by atoms with van der Waals surface area (Å²) in [5, 5.41) is 10.7. The van der Waals surface area contributed by atoms with Crippen LogP contribution >= 0.6 is 15.9 Å². The van der Waals surface area contributed by atoms with E-state index < -0.39 is 11.6 Å². The van der Waals surface area contributed by atoms with Crippen molar-refractivity contribution in [3.8, 4) is 6.07 Å². The van der Waals surface area contributed by atoms with Gasteiger partial charge in [-0.25, -0.2) is 8.78 Å². The zero-order valence-electron chi connectivity index (χ0n) is 6.44. The molecule has 0 aliphatic carbocycles. The molecular weight excluding hydrogens is 242 g/mol. The van der Waals surface area contributed by atoms with Gasteiger partial charge in [-0.15, -0.1) is 0 Å². The number of rotatable bonds is 2. The van der Waals surface area contributed by atoms with E-state index in [-0.39, 0.29) is 16.7 Å². The molecule has 0 fully saturated rings. The Morgan fingerprint density at radius 1 is 1.46 bits per heavy atom. The highest BCUT2D eigenvalue weighted by atomic mass is 79.9. The van der Waals surface area contributed by atoms with E-state index in [1.165, 1.54) is 0 Å². The lowest BCUT2D eigenvalue weighted by Crippen LogP contribution is -2.02. The minimum Gasteiger partial charge on any atom is -0.369 e. The van der Waals surface area contributed by atoms with Crippen LogP contribution < -0.4 is 5.32 Å². The van der Waals surface area contributed by atoms with Gasteiger partial charge < -0.3 is 5.32 Å². The molecule has 13 heavy (non-hydrogen) atoms. The predicted octanol–water partition coefficient (Wildman–Crippen LogP) is 2.66. The average Bonchev–Trinajstić information content (AvgIpc) is 2.02. The van der Waals surface area contributed by atoms with Crippen LogP contribution in [0.25, 0.3) is 0 Å². The first-order valence-electron chi connectivity index (χ1n) is 3.40. The topological polar surface area (TPSA) is 35.8 Å². The van der Waals surface area contributed by atoms with Gasteiger partial charge in [0.2, 0.25) is 0 Å². The van der Waals surface area contributed by atoms with Crippen molar-refractivity contribution in [2.24, 2.45) is 0 Å². The maximum absolute atomic E-state index is 13.0. The van der Waals surface area contributed by atoms with Gasteiger partial charge in [-0.05, 0) is 22.0 Å². The lowest BCUT2D eigenvalue weighted by atomic mass is 10.3. The second-order valence-electron chi connectivity index (χ2n) is 2.26. The summed E-state index contributed by atoms with van der Waals surface area (Å²) >= 11 is 2.98. The van der Waals surface area contributed by atoms with E-state index >= 15 is 0 Å². The number of nitriles is 1. The van der Waals surface area contributed by atoms with Crippen LogP contribution in [0.1, 0.15) is 0 Å². The first-order chi connectivity index (χ1) is 6.15. The third-order valence-corrected chi connectivity index (χ3v) is 1.98. The van der Waals surface area contributed by atoms with Gasteiger partial charge in [0.1, 0.15) is 18.2 Å². The molecule has 1 rings (SSSR count). The SMILES string of the molecule is N#CCNc1c(F)cc(F)cc1Br. The summed E-state index contributed by atoms with van der Waals surface area (Å²) in [4.78, 5) is 0. The highest BCUT2D eigenvalue weighted by molar-refractivity contribution is 9.10. The van der Waals surface area contributed by atoms with Crippen LogP contribution in [0.2, 0.25) is 0 Å². The van der Waals surface area contributed by atoms with Crippen LogP contribution in [0, 0.1) is 23.0 Å². The Hall–Kier alpha value is -1.15. The number of anilines is 1. The molecule has 0 saturated heterocycles. The van der Waals surface area contributed by atoms with Crippen molar-refractivity contribution in [2.75, 3.05) is 11.9 Å². The summed E-state index contributed by atoms with van der Waals surface area (Å²) in [6.45, 7) is -0.0266. The monoisotopic (exact) mass is 246 g/mol. The lowest BCUT2D eigenvalue weighted by molar-refractivity contribution is 0.584. The second kappa shape index (κ2) is 4.19. The van der Waals surface area contributed by atoms with Crippen molar-refractivity contribution < 1.29 is 8.78 Å². The molecule has 0 saturated carbocycles. The van der Waals surface area contributed by atoms with Gasteiger partial charge in [0.15, 0.2) is 0 Å². The number of nitrogens with zero attached hydrogens (tertiary/aromatic N) is 1. The van der Waals surface area contributed by atoms with Gasteiger partial charge in [-0.2, -0.15) is 5.26 Å². The summed E-state index contributed by atoms with van der Waals surface area (Å²) in [6, 6.07) is 3.68. The van der Waals surface area contributed by atoms with Crippen molar-refractivity contribution >= 4 is 21.6 Å². The van der Waals surface area contributed by atoms with E-state index in [1.54, 1.807) is 6.07 Å². The third kappa shape index (κ3) is 2.39. The summed E-state index contributed by atoms with van der Waals surface area (Å²) < 4.78 is 25.8. The fourth-order valence-corrected chi connectivity index (χ4v) is 1.39. The molecule has 1 aromatic carbocycles. The van der Waals surface area contributed by atoms with Gasteiger partial charge in [0.05, 0.1) is 11.8 Å². The molecular formula is C8H5BrF2N2. The van der Waals surface area contributed by atoms with E-state index in [0.717, 1.165) is 12.1 Å². The summed E-state index contributed by atoms with van der Waals surface area (Å²) in [6.07, 6.45) is 0. The van der Waals surface area contributed by atoms with Gasteiger partial charge in [-0.3, -0.25) is 0 Å². The Balaban J connectivity index is 3.00. The van der Waals surface area contributed by atoms with Crippen molar-refractivity contribution in [1.29, 1.82) is 5.26 Å². The molecule has 0 aliphatic heterocycles. The number of nitrogens with one attached hydrogen (secondary N) is 1. The van der Waals surface area contributed by atoms with Crippen LogP contribution in [0.4, 0.5) is 14.5 Å². The molecule has 0 heterocycles. The minimum atomic E-state index is -0.720. The Morgan fingerprint density at radius 2 is 2.15 bits per heavy atom. The lowest BCUT2D eigenvalue weighted by Gasteiger charge is -2.05. The first-order valence-corrected chi connectivity index (χ1v) is 4.20. The molecule has 68 valence electrons. The van der Waals surface area contributed by atoms with Crippen LogP contribution in [0.5, 0.6) is 0 Å². The van der Waals surface area contributed by atoms with E-state index in [9.17, 15) is 8.78 Å². The average molecular weight is 247 g/mol. The molecule has 0 aliphatic rings. The van der Waals surface area contributed by atoms with Gasteiger partial charge in [-0.1, -0.05) is 0 Å². The van der Waals surface area contributed by atoms with E-state index in [0.29, 0.717) is 0 Å². The highest BCUT2D eigenvalue weighted by Crippen LogP contribution is 2.26. The van der Waals surface area contributed by atoms with Gasteiger partial charge in [0, 0.05) is 10.5 Å². The molecule has 2 nitrogen and oxygen atoms in total. The van der Waals surface area contributed by atoms with Crippen molar-refractivity contribution in [3.63, 3.8) is 0 Å². The van der Waals surface area contributed by atoms with E-state index in [2.05, 4.69) is 21.2 Å². The Morgan fingerprint density at radius 3 is 2.69 bits per heavy atom. The van der Waals surface area contributed by atoms with Crippen LogP contribution in [-0.4, -0.2) is 6.54 Å². The summed E-state index contributed by atoms with van der Waals surface area (Å²) in [7, 11) is 0. The molecule has 1 aromatic rings. The summed E-state index contributed by atoms with van der Waals surface area (Å²) in [5.41, 5.74) is 0.1000. The molecule has 1 N–H and O–H groups in total. The molecule has 0 aromatic heterocycles. The number of halogens is 3. The molecule has 0 atom stereocenters. The number of hydrogen-bond acceptors (Lipinski definition) is 2. The Bertz CT molecular complexity index is 337. The molecule has 0 amide bonds. The van der Waals surface area contributed by atoms with Gasteiger partial charge >= 0.3 is 0 Å². The van der Waals surface area contributed by atoms with E-state index in [1.807, 2.05) is 0 Å². The van der Waals surface area contributed by atoms with Crippen molar-refractivity contribution in [1.82, 2.24) is 0 Å². The van der Waals surface area contributed by atoms with Gasteiger partial charge in [0.25, 0.3) is 0 Å². The van der Waals surface area contributed by atoms with Crippen LogP contribution in [0.3, 0.4) is 0 Å². The fourth-order valence-electron chi connectivity index (χ4n) is 0.839. The Labute approximate surface area is 82.3 Å². The first kappa shape index (κ1) is 9.93. The smallest absolute Gasteiger partial charge is 0.150 e. The summed E-state index contributed by atoms with van der Waals surface area (Å²) in [5.74, 6) is -1.38. The fraction of sp³-hybridized carbons (Fsp3) is 0.125. The predicted molar refractivity (Wildman–Crippen MR) is 48.2 cm³/mol. The van der Waals surface area contributed by atoms with Crippen molar-refractivity contribution in [2.45, 2.75) is 0 Å². The second-order valence-corrected chi connectivity index (χ2v) is 3.11. The third-order valence-electron chi connectivity index (χ3n) is 1.35. The maximum atomic E-state index is 13.0. The number of benzene rings is 1. The molecule has 0 spiro atoms. The minimum absolute atomic E-state index is 0.0266. The highest BCUT2D eigenvalue weighted by Gasteiger charge is 2.08. The largest absolute Gasteiger partial charge is 0.369 e. The molecule has 0 radical (unpaired) electrons. The standard InChI is InChI=1S/C8H5BrF2N2/c9-6-3-5(10)4-7(11)8(6)13-2-1-12/h3-4,13H,2H2. The molecule has 0 unspecified atom stereocenters.